The maximum Gasteiger partial charge on any atom is 0.307 e. The highest BCUT2D eigenvalue weighted by Crippen LogP contribution is 2.39. The molecule has 2 aliphatic rings. The molecule has 4 heteroatoms. The number of hydrogen-bond acceptors (Lipinski definition) is 2. The van der Waals surface area contributed by atoms with Gasteiger partial charge in [-0.05, 0) is 24.0 Å². The summed E-state index contributed by atoms with van der Waals surface area (Å²) in [6.45, 7) is 0.624. The van der Waals surface area contributed by atoms with Crippen molar-refractivity contribution in [1.29, 1.82) is 0 Å². The summed E-state index contributed by atoms with van der Waals surface area (Å²) >= 11 is 0. The van der Waals surface area contributed by atoms with Crippen molar-refractivity contribution >= 4 is 11.9 Å². The molecule has 3 rings (SSSR count). The monoisotopic (exact) mass is 245 g/mol. The fourth-order valence-corrected chi connectivity index (χ4v) is 2.66. The maximum atomic E-state index is 11.7. The minimum atomic E-state index is -0.857. The Hall–Kier alpha value is -1.84. The van der Waals surface area contributed by atoms with Crippen LogP contribution in [0.15, 0.2) is 24.3 Å². The Morgan fingerprint density at radius 1 is 1.28 bits per heavy atom. The Kier molecular flexibility index (Phi) is 2.58. The van der Waals surface area contributed by atoms with Crippen LogP contribution < -0.4 is 5.32 Å². The summed E-state index contributed by atoms with van der Waals surface area (Å²) in [7, 11) is 0. The number of amides is 1. The van der Waals surface area contributed by atoms with E-state index in [9.17, 15) is 9.59 Å². The van der Waals surface area contributed by atoms with Gasteiger partial charge in [0.25, 0.3) is 0 Å². The van der Waals surface area contributed by atoms with Gasteiger partial charge < -0.3 is 10.4 Å². The van der Waals surface area contributed by atoms with Crippen molar-refractivity contribution in [3.8, 4) is 0 Å². The number of carbonyl (C=O) groups excluding carboxylic acids is 1. The molecule has 1 fully saturated rings. The Morgan fingerprint density at radius 2 is 2.06 bits per heavy atom. The van der Waals surface area contributed by atoms with Crippen molar-refractivity contribution in [2.75, 3.05) is 6.54 Å². The molecule has 0 unspecified atom stereocenters. The molecule has 1 aromatic rings. The van der Waals surface area contributed by atoms with Gasteiger partial charge in [-0.2, -0.15) is 0 Å². The smallest absolute Gasteiger partial charge is 0.307 e. The van der Waals surface area contributed by atoms with Crippen molar-refractivity contribution in [2.45, 2.75) is 18.8 Å². The van der Waals surface area contributed by atoms with E-state index in [-0.39, 0.29) is 11.8 Å². The van der Waals surface area contributed by atoms with Crippen molar-refractivity contribution in [1.82, 2.24) is 5.32 Å². The number of carboxylic acids is 1. The number of nitrogens with one attached hydrogen (secondary N) is 1. The van der Waals surface area contributed by atoms with Crippen LogP contribution in [0.2, 0.25) is 0 Å². The number of rotatable bonds is 4. The van der Waals surface area contributed by atoms with E-state index in [1.807, 2.05) is 12.1 Å². The molecule has 1 aromatic carbocycles. The fraction of sp³-hybridized carbons (Fsp3) is 0.429. The quantitative estimate of drug-likeness (QED) is 0.836. The molecule has 0 radical (unpaired) electrons. The van der Waals surface area contributed by atoms with E-state index in [0.29, 0.717) is 18.9 Å². The van der Waals surface area contributed by atoms with Crippen molar-refractivity contribution < 1.29 is 14.7 Å². The van der Waals surface area contributed by atoms with Gasteiger partial charge in [0.2, 0.25) is 5.91 Å². The van der Waals surface area contributed by atoms with Gasteiger partial charge in [-0.1, -0.05) is 24.3 Å². The lowest BCUT2D eigenvalue weighted by Gasteiger charge is -2.30. The van der Waals surface area contributed by atoms with Crippen LogP contribution in [0.4, 0.5) is 0 Å². The summed E-state index contributed by atoms with van der Waals surface area (Å²) in [5, 5.41) is 11.6. The molecule has 1 amide bonds. The molecular formula is C14H15NO3. The van der Waals surface area contributed by atoms with E-state index < -0.39 is 11.9 Å². The van der Waals surface area contributed by atoms with Crippen molar-refractivity contribution in [3.05, 3.63) is 35.4 Å². The highest BCUT2D eigenvalue weighted by molar-refractivity contribution is 5.89. The second-order valence-electron chi connectivity index (χ2n) is 5.13. The SMILES string of the molecule is O=C(O)[C@@H]1C[C@H]1C(=O)NC[C@@H]1Cc2ccccc21. The first kappa shape index (κ1) is 11.3. The molecule has 2 N–H and O–H groups in total. The first-order valence-corrected chi connectivity index (χ1v) is 6.25. The van der Waals surface area contributed by atoms with E-state index >= 15 is 0 Å². The lowest BCUT2D eigenvalue weighted by Crippen LogP contribution is -2.34. The molecule has 94 valence electrons. The fourth-order valence-electron chi connectivity index (χ4n) is 2.66. The van der Waals surface area contributed by atoms with Crippen LogP contribution in [-0.4, -0.2) is 23.5 Å². The molecule has 0 spiro atoms. The minimum Gasteiger partial charge on any atom is -0.481 e. The number of carboxylic acid groups (broad SMARTS) is 1. The Labute approximate surface area is 105 Å². The van der Waals surface area contributed by atoms with Crippen molar-refractivity contribution in [2.24, 2.45) is 11.8 Å². The number of aliphatic carboxylic acids is 1. The van der Waals surface area contributed by atoms with E-state index in [1.165, 1.54) is 11.1 Å². The zero-order valence-corrected chi connectivity index (χ0v) is 9.93. The van der Waals surface area contributed by atoms with Crippen LogP contribution in [0.3, 0.4) is 0 Å². The lowest BCUT2D eigenvalue weighted by molar-refractivity contribution is -0.140. The highest BCUT2D eigenvalue weighted by atomic mass is 16.4. The Balaban J connectivity index is 1.50. The Morgan fingerprint density at radius 3 is 2.72 bits per heavy atom. The predicted octanol–water partition coefficient (Wildman–Crippen LogP) is 1.16. The van der Waals surface area contributed by atoms with Crippen LogP contribution >= 0.6 is 0 Å². The van der Waals surface area contributed by atoms with Gasteiger partial charge >= 0.3 is 5.97 Å². The van der Waals surface area contributed by atoms with Crippen LogP contribution in [0.1, 0.15) is 23.5 Å². The minimum absolute atomic E-state index is 0.105. The Bertz CT molecular complexity index is 512. The number of benzene rings is 1. The summed E-state index contributed by atoms with van der Waals surface area (Å²) in [4.78, 5) is 22.4. The molecule has 3 atom stereocenters. The topological polar surface area (TPSA) is 66.4 Å². The molecule has 0 aromatic heterocycles. The summed E-state index contributed by atoms with van der Waals surface area (Å²) in [5.41, 5.74) is 2.66. The van der Waals surface area contributed by atoms with Crippen LogP contribution in [0, 0.1) is 11.8 Å². The normalized spacial score (nSPS) is 27.9. The third-order valence-electron chi connectivity index (χ3n) is 3.93. The predicted molar refractivity (Wildman–Crippen MR) is 65.1 cm³/mol. The largest absolute Gasteiger partial charge is 0.481 e. The van der Waals surface area contributed by atoms with Gasteiger partial charge in [0.1, 0.15) is 0 Å². The van der Waals surface area contributed by atoms with Gasteiger partial charge in [-0.15, -0.1) is 0 Å². The van der Waals surface area contributed by atoms with Gasteiger partial charge in [0, 0.05) is 12.5 Å². The van der Waals surface area contributed by atoms with E-state index in [0.717, 1.165) is 6.42 Å². The number of fused-ring (bicyclic) bond motifs is 1. The third kappa shape index (κ3) is 1.88. The molecular weight excluding hydrogens is 230 g/mol. The summed E-state index contributed by atoms with van der Waals surface area (Å²) in [6, 6.07) is 8.23. The van der Waals surface area contributed by atoms with Gasteiger partial charge in [0.15, 0.2) is 0 Å². The standard InChI is InChI=1S/C14H15NO3/c16-13(11-6-12(11)14(17)18)15-7-9-5-8-3-1-2-4-10(8)9/h1-4,9,11-12H,5-7H2,(H,15,16)(H,17,18)/t9-,11+,12+/m0/s1. The summed E-state index contributed by atoms with van der Waals surface area (Å²) < 4.78 is 0. The molecule has 0 heterocycles. The van der Waals surface area contributed by atoms with Gasteiger partial charge in [-0.3, -0.25) is 9.59 Å². The van der Waals surface area contributed by atoms with Gasteiger partial charge in [-0.25, -0.2) is 0 Å². The molecule has 4 nitrogen and oxygen atoms in total. The molecule has 1 saturated carbocycles. The average Bonchev–Trinajstić information content (AvgIpc) is 3.10. The molecule has 0 aliphatic heterocycles. The molecule has 0 bridgehead atoms. The lowest BCUT2D eigenvalue weighted by atomic mass is 9.77. The first-order chi connectivity index (χ1) is 8.66. The highest BCUT2D eigenvalue weighted by Gasteiger charge is 2.48. The van der Waals surface area contributed by atoms with Gasteiger partial charge in [0.05, 0.1) is 11.8 Å². The van der Waals surface area contributed by atoms with E-state index in [4.69, 9.17) is 5.11 Å². The van der Waals surface area contributed by atoms with Crippen LogP contribution in [0.5, 0.6) is 0 Å². The maximum absolute atomic E-state index is 11.7. The zero-order valence-electron chi connectivity index (χ0n) is 9.93. The summed E-state index contributed by atoms with van der Waals surface area (Å²) in [5.74, 6) is -1.33. The van der Waals surface area contributed by atoms with Crippen molar-refractivity contribution in [3.63, 3.8) is 0 Å². The van der Waals surface area contributed by atoms with Crippen LogP contribution in [0.25, 0.3) is 0 Å². The first-order valence-electron chi connectivity index (χ1n) is 6.25. The average molecular weight is 245 g/mol. The van der Waals surface area contributed by atoms with E-state index in [1.54, 1.807) is 0 Å². The number of carbonyl (C=O) groups is 2. The molecule has 2 aliphatic carbocycles. The number of hydrogen-bond donors (Lipinski definition) is 2. The molecule has 0 saturated heterocycles. The second kappa shape index (κ2) is 4.12. The third-order valence-corrected chi connectivity index (χ3v) is 3.93. The summed E-state index contributed by atoms with van der Waals surface area (Å²) in [6.07, 6.45) is 1.49. The second-order valence-corrected chi connectivity index (χ2v) is 5.13. The van der Waals surface area contributed by atoms with E-state index in [2.05, 4.69) is 17.4 Å². The zero-order chi connectivity index (χ0) is 12.7. The van der Waals surface area contributed by atoms with Crippen LogP contribution in [-0.2, 0) is 16.0 Å². The molecule has 18 heavy (non-hydrogen) atoms.